The maximum Gasteiger partial charge on any atom is 0.379 e. The Morgan fingerprint density at radius 3 is 1.47 bits per heavy atom. The number of carbonyl (C=O) groups is 1. The van der Waals surface area contributed by atoms with E-state index in [0.717, 1.165) is 22.3 Å². The molecule has 7 nitrogen and oxygen atoms in total. The van der Waals surface area contributed by atoms with E-state index in [1.165, 1.54) is 6.92 Å². The zero-order chi connectivity index (χ0) is 32.9. The third kappa shape index (κ3) is 9.53. The predicted octanol–water partition coefficient (Wildman–Crippen LogP) is 6.93. The topological polar surface area (TPSA) is 72.5 Å². The van der Waals surface area contributed by atoms with Gasteiger partial charge < -0.3 is 28.4 Å². The fourth-order valence-corrected chi connectivity index (χ4v) is 5.42. The number of benzene rings is 4. The zero-order valence-corrected chi connectivity index (χ0v) is 26.3. The minimum Gasteiger partial charge on any atom is -0.461 e. The molecule has 1 saturated heterocycles. The molecule has 0 N–H and O–H groups in total. The third-order valence-electron chi connectivity index (χ3n) is 7.79. The Morgan fingerprint density at radius 2 is 1.02 bits per heavy atom. The lowest BCUT2D eigenvalue weighted by atomic mass is 9.90. The second-order valence-electron chi connectivity index (χ2n) is 11.2. The first-order valence-corrected chi connectivity index (χ1v) is 15.7. The summed E-state index contributed by atoms with van der Waals surface area (Å²) in [5, 5.41) is 0. The van der Waals surface area contributed by atoms with Crippen LogP contribution in [-0.2, 0) is 59.6 Å². The van der Waals surface area contributed by atoms with Gasteiger partial charge in [0.1, 0.15) is 24.4 Å². The normalized spacial score (nSPS) is 21.3. The van der Waals surface area contributed by atoms with E-state index in [4.69, 9.17) is 28.4 Å². The van der Waals surface area contributed by atoms with Gasteiger partial charge in [0.25, 0.3) is 0 Å². The fourth-order valence-electron chi connectivity index (χ4n) is 5.42. The Kier molecular flexibility index (Phi) is 12.6. The van der Waals surface area contributed by atoms with E-state index in [0.29, 0.717) is 0 Å². The maximum atomic E-state index is 16.1. The molecular formula is C38H40F2O7. The molecule has 0 aliphatic carbocycles. The largest absolute Gasteiger partial charge is 0.461 e. The standard InChI is InChI=1S/C38H40F2O7/c1-2-43-37(41)38(39,40)36-35(46-26-31-21-13-6-14-22-31)34(45-25-30-19-11-5-12-20-30)33(44-24-29-17-9-4-10-18-29)32(47-36)27-42-23-28-15-7-3-8-16-28/h3-22,32-36H,2,23-27H2,1H3/t32?,33-,34-,35?,36+/m0/s1. The number of carbonyl (C=O) groups excluding carboxylic acids is 1. The van der Waals surface area contributed by atoms with Crippen molar-refractivity contribution in [2.45, 2.75) is 69.8 Å². The predicted molar refractivity (Wildman–Crippen MR) is 171 cm³/mol. The molecule has 1 fully saturated rings. The van der Waals surface area contributed by atoms with Crippen LogP contribution in [0.4, 0.5) is 8.78 Å². The van der Waals surface area contributed by atoms with E-state index in [-0.39, 0.29) is 39.6 Å². The van der Waals surface area contributed by atoms with Crippen molar-refractivity contribution < 1.29 is 42.0 Å². The van der Waals surface area contributed by atoms with Gasteiger partial charge in [-0.1, -0.05) is 121 Å². The lowest BCUT2D eigenvalue weighted by Crippen LogP contribution is -2.66. The Hall–Kier alpha value is -3.99. The summed E-state index contributed by atoms with van der Waals surface area (Å²) in [6.07, 6.45) is -6.54. The second kappa shape index (κ2) is 17.2. The molecule has 1 heterocycles. The summed E-state index contributed by atoms with van der Waals surface area (Å²) < 4.78 is 68.4. The highest BCUT2D eigenvalue weighted by Crippen LogP contribution is 2.38. The lowest BCUT2D eigenvalue weighted by molar-refractivity contribution is -0.307. The summed E-state index contributed by atoms with van der Waals surface area (Å²) in [6.45, 7) is 1.55. The number of hydrogen-bond donors (Lipinski definition) is 0. The van der Waals surface area contributed by atoms with Crippen LogP contribution >= 0.6 is 0 Å². The smallest absolute Gasteiger partial charge is 0.379 e. The average Bonchev–Trinajstić information content (AvgIpc) is 3.11. The molecule has 248 valence electrons. The van der Waals surface area contributed by atoms with Crippen molar-refractivity contribution in [3.05, 3.63) is 144 Å². The molecule has 0 spiro atoms. The molecule has 4 aromatic carbocycles. The molecule has 2 unspecified atom stereocenters. The average molecular weight is 647 g/mol. The van der Waals surface area contributed by atoms with E-state index in [2.05, 4.69) is 0 Å². The van der Waals surface area contributed by atoms with Gasteiger partial charge in [0.15, 0.2) is 6.10 Å². The fraction of sp³-hybridized carbons (Fsp3) is 0.342. The molecule has 1 aliphatic rings. The van der Waals surface area contributed by atoms with Gasteiger partial charge in [-0.05, 0) is 29.2 Å². The first kappa shape index (κ1) is 34.3. The van der Waals surface area contributed by atoms with Gasteiger partial charge in [-0.25, -0.2) is 4.79 Å². The highest BCUT2D eigenvalue weighted by atomic mass is 19.3. The summed E-state index contributed by atoms with van der Waals surface area (Å²) in [4.78, 5) is 12.8. The maximum absolute atomic E-state index is 16.1. The zero-order valence-electron chi connectivity index (χ0n) is 26.3. The van der Waals surface area contributed by atoms with Gasteiger partial charge in [-0.15, -0.1) is 0 Å². The molecule has 4 aromatic rings. The van der Waals surface area contributed by atoms with Crippen molar-refractivity contribution >= 4 is 5.97 Å². The van der Waals surface area contributed by atoms with Crippen LogP contribution in [0.3, 0.4) is 0 Å². The van der Waals surface area contributed by atoms with Gasteiger partial charge >= 0.3 is 11.9 Å². The number of alkyl halides is 2. The van der Waals surface area contributed by atoms with Crippen molar-refractivity contribution in [3.8, 4) is 0 Å². The first-order valence-electron chi connectivity index (χ1n) is 15.7. The number of ether oxygens (including phenoxy) is 6. The SMILES string of the molecule is CCOC(=O)C(F)(F)[C@@H]1OC(COCc2ccccc2)[C@H](OCc2ccccc2)[C@H](OCc2ccccc2)C1OCc1ccccc1. The first-order chi connectivity index (χ1) is 23.0. The Bertz CT molecular complexity index is 1480. The second-order valence-corrected chi connectivity index (χ2v) is 11.2. The molecule has 9 heteroatoms. The van der Waals surface area contributed by atoms with E-state index < -0.39 is 42.4 Å². The van der Waals surface area contributed by atoms with Crippen LogP contribution in [-0.4, -0.2) is 55.6 Å². The quantitative estimate of drug-likeness (QED) is 0.122. The molecule has 5 atom stereocenters. The summed E-state index contributed by atoms with van der Waals surface area (Å²) >= 11 is 0. The molecular weight excluding hydrogens is 606 g/mol. The summed E-state index contributed by atoms with van der Waals surface area (Å²) in [7, 11) is 0. The summed E-state index contributed by atoms with van der Waals surface area (Å²) in [5.74, 6) is -5.78. The number of hydrogen-bond acceptors (Lipinski definition) is 7. The molecule has 0 radical (unpaired) electrons. The Labute approximate surface area is 274 Å². The van der Waals surface area contributed by atoms with Crippen LogP contribution in [0.25, 0.3) is 0 Å². The van der Waals surface area contributed by atoms with Crippen LogP contribution < -0.4 is 0 Å². The molecule has 5 rings (SSSR count). The number of halogens is 2. The minimum atomic E-state index is -4.08. The van der Waals surface area contributed by atoms with Crippen molar-refractivity contribution in [2.24, 2.45) is 0 Å². The molecule has 0 amide bonds. The lowest BCUT2D eigenvalue weighted by Gasteiger charge is -2.47. The Morgan fingerprint density at radius 1 is 0.617 bits per heavy atom. The van der Waals surface area contributed by atoms with Gasteiger partial charge in [0.2, 0.25) is 0 Å². The van der Waals surface area contributed by atoms with E-state index in [9.17, 15) is 4.79 Å². The monoisotopic (exact) mass is 646 g/mol. The van der Waals surface area contributed by atoms with E-state index in [1.54, 1.807) is 0 Å². The molecule has 47 heavy (non-hydrogen) atoms. The third-order valence-corrected chi connectivity index (χ3v) is 7.79. The Balaban J connectivity index is 1.50. The number of esters is 1. The van der Waals surface area contributed by atoms with Crippen LogP contribution in [0.5, 0.6) is 0 Å². The van der Waals surface area contributed by atoms with E-state index in [1.807, 2.05) is 121 Å². The number of rotatable bonds is 16. The van der Waals surface area contributed by atoms with E-state index >= 15 is 8.78 Å². The van der Waals surface area contributed by atoms with Crippen molar-refractivity contribution in [1.29, 1.82) is 0 Å². The molecule has 0 bridgehead atoms. The molecule has 0 aromatic heterocycles. The highest BCUT2D eigenvalue weighted by molar-refractivity contribution is 5.78. The molecule has 0 saturated carbocycles. The van der Waals surface area contributed by atoms with Gasteiger partial charge in [-0.3, -0.25) is 0 Å². The van der Waals surface area contributed by atoms with Crippen LogP contribution in [0.15, 0.2) is 121 Å². The van der Waals surface area contributed by atoms with Crippen LogP contribution in [0.2, 0.25) is 0 Å². The van der Waals surface area contributed by atoms with Gasteiger partial charge in [-0.2, -0.15) is 8.78 Å². The van der Waals surface area contributed by atoms with Gasteiger partial charge in [0.05, 0.1) is 39.6 Å². The van der Waals surface area contributed by atoms with Crippen molar-refractivity contribution in [1.82, 2.24) is 0 Å². The summed E-state index contributed by atoms with van der Waals surface area (Å²) in [5.41, 5.74) is 3.36. The highest BCUT2D eigenvalue weighted by Gasteiger charge is 2.61. The van der Waals surface area contributed by atoms with Gasteiger partial charge in [0, 0.05) is 0 Å². The van der Waals surface area contributed by atoms with Crippen LogP contribution in [0, 0.1) is 0 Å². The van der Waals surface area contributed by atoms with Crippen LogP contribution in [0.1, 0.15) is 29.2 Å². The molecule has 1 aliphatic heterocycles. The van der Waals surface area contributed by atoms with Crippen molar-refractivity contribution in [3.63, 3.8) is 0 Å². The summed E-state index contributed by atoms with van der Waals surface area (Å²) in [6, 6.07) is 37.5. The minimum absolute atomic E-state index is 0.0317. The van der Waals surface area contributed by atoms with Crippen molar-refractivity contribution in [2.75, 3.05) is 13.2 Å².